The van der Waals surface area contributed by atoms with Crippen LogP contribution in [0.3, 0.4) is 0 Å². The minimum atomic E-state index is -0.412. The van der Waals surface area contributed by atoms with Gasteiger partial charge in [-0.1, -0.05) is 49.8 Å². The molecule has 2 unspecified atom stereocenters. The van der Waals surface area contributed by atoms with Crippen molar-refractivity contribution in [2.75, 3.05) is 0 Å². The Labute approximate surface area is 140 Å². The molecule has 1 aromatic rings. The molecule has 0 radical (unpaired) electrons. The molecule has 23 heavy (non-hydrogen) atoms. The lowest BCUT2D eigenvalue weighted by Gasteiger charge is -2.20. The molecule has 126 valence electrons. The van der Waals surface area contributed by atoms with Gasteiger partial charge in [0.25, 0.3) is 0 Å². The first-order valence-electron chi connectivity index (χ1n) is 8.48. The number of allylic oxidation sites excluding steroid dienone is 2. The van der Waals surface area contributed by atoms with Gasteiger partial charge in [-0.2, -0.15) is 0 Å². The summed E-state index contributed by atoms with van der Waals surface area (Å²) in [5, 5.41) is 0. The maximum atomic E-state index is 12.4. The number of benzene rings is 1. The highest BCUT2D eigenvalue weighted by Crippen LogP contribution is 2.61. The van der Waals surface area contributed by atoms with Crippen LogP contribution < -0.4 is 0 Å². The smallest absolute Gasteiger partial charge is 0.310 e. The van der Waals surface area contributed by atoms with Crippen LogP contribution in [0.5, 0.6) is 0 Å². The van der Waals surface area contributed by atoms with Crippen molar-refractivity contribution < 1.29 is 9.53 Å². The summed E-state index contributed by atoms with van der Waals surface area (Å²) >= 11 is 0. The molecule has 0 aliphatic heterocycles. The summed E-state index contributed by atoms with van der Waals surface area (Å²) in [5.41, 5.74) is 3.56. The maximum absolute atomic E-state index is 12.4. The minimum Gasteiger partial charge on any atom is -0.460 e. The van der Waals surface area contributed by atoms with Crippen LogP contribution in [0.2, 0.25) is 0 Å². The van der Waals surface area contributed by atoms with Gasteiger partial charge in [0.15, 0.2) is 0 Å². The molecule has 0 bridgehead atoms. The largest absolute Gasteiger partial charge is 0.460 e. The quantitative estimate of drug-likeness (QED) is 0.687. The first-order valence-corrected chi connectivity index (χ1v) is 8.48. The van der Waals surface area contributed by atoms with E-state index in [4.69, 9.17) is 4.74 Å². The molecule has 0 aromatic heterocycles. The molecule has 1 fully saturated rings. The van der Waals surface area contributed by atoms with Crippen LogP contribution >= 0.6 is 0 Å². The summed E-state index contributed by atoms with van der Waals surface area (Å²) in [5.74, 6) is 0.342. The summed E-state index contributed by atoms with van der Waals surface area (Å²) < 4.78 is 5.60. The zero-order valence-corrected chi connectivity index (χ0v) is 15.6. The van der Waals surface area contributed by atoms with Gasteiger partial charge < -0.3 is 4.74 Å². The third-order valence-corrected chi connectivity index (χ3v) is 5.08. The van der Waals surface area contributed by atoms with Gasteiger partial charge >= 0.3 is 5.97 Å². The Balaban J connectivity index is 2.10. The van der Waals surface area contributed by atoms with E-state index in [1.54, 1.807) is 0 Å². The highest BCUT2D eigenvalue weighted by molar-refractivity contribution is 5.78. The molecule has 2 nitrogen and oxygen atoms in total. The lowest BCUT2D eigenvalue weighted by molar-refractivity contribution is -0.157. The van der Waals surface area contributed by atoms with E-state index < -0.39 is 5.60 Å². The fourth-order valence-corrected chi connectivity index (χ4v) is 3.38. The van der Waals surface area contributed by atoms with E-state index in [0.29, 0.717) is 5.92 Å². The molecule has 1 aliphatic carbocycles. The van der Waals surface area contributed by atoms with Gasteiger partial charge in [0, 0.05) is 0 Å². The van der Waals surface area contributed by atoms with E-state index in [2.05, 4.69) is 52.0 Å². The Morgan fingerprint density at radius 1 is 1.13 bits per heavy atom. The number of carbonyl (C=O) groups is 1. The molecule has 2 heteroatoms. The molecule has 0 amide bonds. The van der Waals surface area contributed by atoms with Gasteiger partial charge in [0.2, 0.25) is 0 Å². The molecule has 0 saturated heterocycles. The third kappa shape index (κ3) is 4.04. The Bertz CT molecular complexity index is 602. The van der Waals surface area contributed by atoms with Gasteiger partial charge in [-0.25, -0.2) is 0 Å². The van der Waals surface area contributed by atoms with E-state index in [0.717, 1.165) is 6.42 Å². The van der Waals surface area contributed by atoms with Crippen molar-refractivity contribution in [2.24, 2.45) is 17.3 Å². The second kappa shape index (κ2) is 6.14. The Hall–Kier alpha value is -1.57. The van der Waals surface area contributed by atoms with Crippen LogP contribution in [0.25, 0.3) is 5.57 Å². The molecule has 2 rings (SSSR count). The van der Waals surface area contributed by atoms with Crippen molar-refractivity contribution in [3.05, 3.63) is 41.5 Å². The van der Waals surface area contributed by atoms with Crippen molar-refractivity contribution in [3.8, 4) is 0 Å². The average Bonchev–Trinajstić information content (AvgIpc) is 2.98. The van der Waals surface area contributed by atoms with E-state index in [1.807, 2.05) is 26.8 Å². The van der Waals surface area contributed by atoms with Gasteiger partial charge in [0.1, 0.15) is 5.60 Å². The van der Waals surface area contributed by atoms with E-state index in [-0.39, 0.29) is 17.3 Å². The molecular weight excluding hydrogens is 284 g/mol. The maximum Gasteiger partial charge on any atom is 0.310 e. The van der Waals surface area contributed by atoms with Crippen LogP contribution in [0, 0.1) is 17.3 Å². The molecule has 2 atom stereocenters. The summed E-state index contributed by atoms with van der Waals surface area (Å²) in [7, 11) is 0. The lowest BCUT2D eigenvalue weighted by atomic mass is 9.96. The van der Waals surface area contributed by atoms with Crippen molar-refractivity contribution in [1.82, 2.24) is 0 Å². The van der Waals surface area contributed by atoms with Crippen LogP contribution in [0.1, 0.15) is 60.5 Å². The zero-order chi connectivity index (χ0) is 17.4. The topological polar surface area (TPSA) is 26.3 Å². The molecule has 1 aromatic carbocycles. The van der Waals surface area contributed by atoms with Gasteiger partial charge in [-0.15, -0.1) is 0 Å². The lowest BCUT2D eigenvalue weighted by Crippen LogP contribution is -2.26. The first-order chi connectivity index (χ1) is 10.5. The predicted octanol–water partition coefficient (Wildman–Crippen LogP) is 5.48. The zero-order valence-electron chi connectivity index (χ0n) is 15.6. The predicted molar refractivity (Wildman–Crippen MR) is 95.9 cm³/mol. The number of esters is 1. The van der Waals surface area contributed by atoms with Crippen LogP contribution in [0.4, 0.5) is 0 Å². The number of hydrogen-bond acceptors (Lipinski definition) is 2. The minimum absolute atomic E-state index is 0.0141. The van der Waals surface area contributed by atoms with Crippen molar-refractivity contribution in [3.63, 3.8) is 0 Å². The Morgan fingerprint density at radius 2 is 1.70 bits per heavy atom. The number of ether oxygens (including phenoxy) is 1. The fourth-order valence-electron chi connectivity index (χ4n) is 3.38. The van der Waals surface area contributed by atoms with E-state index in [9.17, 15) is 4.79 Å². The van der Waals surface area contributed by atoms with E-state index in [1.165, 1.54) is 16.7 Å². The summed E-state index contributed by atoms with van der Waals surface area (Å²) in [6, 6.07) is 10.5. The third-order valence-electron chi connectivity index (χ3n) is 5.08. The highest BCUT2D eigenvalue weighted by Gasteiger charge is 2.62. The standard InChI is InChI=1S/C21H30O2/c1-14(15(2)16-11-9-8-10-12-16)13-17-18(21(17,6)7)19(22)23-20(3,4)5/h8-12,17-18H,13H2,1-7H3. The fraction of sp³-hybridized carbons (Fsp3) is 0.571. The highest BCUT2D eigenvalue weighted by atomic mass is 16.6. The average molecular weight is 314 g/mol. The van der Waals surface area contributed by atoms with Gasteiger partial charge in [0.05, 0.1) is 5.92 Å². The van der Waals surface area contributed by atoms with Gasteiger partial charge in [-0.05, 0) is 63.5 Å². The summed E-state index contributed by atoms with van der Waals surface area (Å²) in [4.78, 5) is 12.4. The van der Waals surface area contributed by atoms with Crippen LogP contribution in [0.15, 0.2) is 35.9 Å². The molecule has 1 saturated carbocycles. The monoisotopic (exact) mass is 314 g/mol. The van der Waals surface area contributed by atoms with E-state index >= 15 is 0 Å². The normalized spacial score (nSPS) is 24.0. The summed E-state index contributed by atoms with van der Waals surface area (Å²) in [6.45, 7) is 14.5. The van der Waals surface area contributed by atoms with Crippen molar-refractivity contribution in [1.29, 1.82) is 0 Å². The molecule has 1 aliphatic rings. The van der Waals surface area contributed by atoms with Gasteiger partial charge in [-0.3, -0.25) is 4.79 Å². The van der Waals surface area contributed by atoms with Crippen LogP contribution in [-0.2, 0) is 9.53 Å². The van der Waals surface area contributed by atoms with Crippen molar-refractivity contribution in [2.45, 2.75) is 60.5 Å². The second-order valence-electron chi connectivity index (χ2n) is 8.41. The molecule has 0 N–H and O–H groups in total. The SMILES string of the molecule is CC(CC1C(C(=O)OC(C)(C)C)C1(C)C)=C(C)c1ccccc1. The second-order valence-corrected chi connectivity index (χ2v) is 8.41. The number of hydrogen-bond donors (Lipinski definition) is 0. The van der Waals surface area contributed by atoms with Crippen LogP contribution in [-0.4, -0.2) is 11.6 Å². The molecular formula is C21H30O2. The van der Waals surface area contributed by atoms with Crippen molar-refractivity contribution >= 4 is 11.5 Å². The molecule has 0 heterocycles. The Morgan fingerprint density at radius 3 is 2.22 bits per heavy atom. The number of carbonyl (C=O) groups excluding carboxylic acids is 1. The molecule has 0 spiro atoms. The Kier molecular flexibility index (Phi) is 4.75. The summed E-state index contributed by atoms with van der Waals surface area (Å²) in [6.07, 6.45) is 0.956. The number of rotatable bonds is 4. The first kappa shape index (κ1) is 17.8.